The Kier molecular flexibility index (Phi) is 3.42. The molecule has 1 aromatic heterocycles. The van der Waals surface area contributed by atoms with Gasteiger partial charge in [0.05, 0.1) is 17.4 Å². The van der Waals surface area contributed by atoms with Crippen LogP contribution in [0.5, 0.6) is 0 Å². The predicted molar refractivity (Wildman–Crippen MR) is 79.7 cm³/mol. The molecule has 3 rings (SSSR count). The lowest BCUT2D eigenvalue weighted by Crippen LogP contribution is -1.99. The summed E-state index contributed by atoms with van der Waals surface area (Å²) >= 11 is 0. The standard InChI is InChI=1S/C15H11N3O2S/c16-8-10-3-1-2-4-11(10)9-21(19)15-18-13-6-5-12(17)7-14(13)20-15/h1-7H,9,17H2. The van der Waals surface area contributed by atoms with Crippen LogP contribution in [-0.2, 0) is 16.6 Å². The van der Waals surface area contributed by atoms with Gasteiger partial charge in [-0.2, -0.15) is 5.26 Å². The number of benzene rings is 2. The molecular weight excluding hydrogens is 286 g/mol. The molecule has 3 aromatic rings. The second kappa shape index (κ2) is 5.38. The first-order valence-electron chi connectivity index (χ1n) is 6.20. The number of anilines is 1. The van der Waals surface area contributed by atoms with Gasteiger partial charge >= 0.3 is 0 Å². The molecule has 0 aliphatic heterocycles. The third-order valence-corrected chi connectivity index (χ3v) is 4.15. The van der Waals surface area contributed by atoms with Crippen LogP contribution in [0.15, 0.2) is 52.1 Å². The highest BCUT2D eigenvalue weighted by molar-refractivity contribution is 7.84. The third-order valence-electron chi connectivity index (χ3n) is 3.01. The Morgan fingerprint density at radius 1 is 1.29 bits per heavy atom. The highest BCUT2D eigenvalue weighted by Crippen LogP contribution is 2.22. The summed E-state index contributed by atoms with van der Waals surface area (Å²) < 4.78 is 17.8. The molecule has 0 radical (unpaired) electrons. The van der Waals surface area contributed by atoms with E-state index < -0.39 is 10.8 Å². The number of hydrogen-bond donors (Lipinski definition) is 1. The fraction of sp³-hybridized carbons (Fsp3) is 0.0667. The zero-order valence-electron chi connectivity index (χ0n) is 10.9. The smallest absolute Gasteiger partial charge is 0.288 e. The normalized spacial score (nSPS) is 12.1. The first-order valence-corrected chi connectivity index (χ1v) is 7.52. The van der Waals surface area contributed by atoms with Gasteiger partial charge in [0.1, 0.15) is 16.3 Å². The Balaban J connectivity index is 1.92. The Morgan fingerprint density at radius 3 is 2.90 bits per heavy atom. The van der Waals surface area contributed by atoms with Crippen LogP contribution >= 0.6 is 0 Å². The van der Waals surface area contributed by atoms with Crippen LogP contribution in [0, 0.1) is 11.3 Å². The molecule has 0 fully saturated rings. The van der Waals surface area contributed by atoms with E-state index in [1.807, 2.05) is 0 Å². The van der Waals surface area contributed by atoms with Crippen molar-refractivity contribution >= 4 is 27.6 Å². The zero-order valence-corrected chi connectivity index (χ0v) is 11.8. The summed E-state index contributed by atoms with van der Waals surface area (Å²) in [5.74, 6) is 0.187. The minimum Gasteiger partial charge on any atom is -0.430 e. The summed E-state index contributed by atoms with van der Waals surface area (Å²) in [6.07, 6.45) is 0. The van der Waals surface area contributed by atoms with Crippen LogP contribution in [0.1, 0.15) is 11.1 Å². The van der Waals surface area contributed by atoms with Crippen molar-refractivity contribution < 1.29 is 8.63 Å². The summed E-state index contributed by atoms with van der Waals surface area (Å²) in [6.45, 7) is 0. The number of aromatic nitrogens is 1. The maximum Gasteiger partial charge on any atom is 0.288 e. The lowest BCUT2D eigenvalue weighted by atomic mass is 10.1. The average Bonchev–Trinajstić information content (AvgIpc) is 2.91. The number of rotatable bonds is 3. The quantitative estimate of drug-likeness (QED) is 0.750. The molecule has 5 nitrogen and oxygen atoms in total. The van der Waals surface area contributed by atoms with Crippen LogP contribution in [-0.4, -0.2) is 9.19 Å². The van der Waals surface area contributed by atoms with Crippen molar-refractivity contribution in [3.8, 4) is 6.07 Å². The lowest BCUT2D eigenvalue weighted by molar-refractivity contribution is 0.477. The van der Waals surface area contributed by atoms with Gasteiger partial charge in [0.15, 0.2) is 5.58 Å². The molecule has 2 N–H and O–H groups in total. The minimum atomic E-state index is -1.46. The summed E-state index contributed by atoms with van der Waals surface area (Å²) in [5.41, 5.74) is 8.56. The highest BCUT2D eigenvalue weighted by Gasteiger charge is 2.15. The monoisotopic (exact) mass is 297 g/mol. The lowest BCUT2D eigenvalue weighted by Gasteiger charge is -2.00. The maximum atomic E-state index is 12.4. The largest absolute Gasteiger partial charge is 0.430 e. The molecule has 0 aliphatic rings. The Morgan fingerprint density at radius 2 is 2.10 bits per heavy atom. The van der Waals surface area contributed by atoms with E-state index >= 15 is 0 Å². The number of nitriles is 1. The molecule has 0 bridgehead atoms. The van der Waals surface area contributed by atoms with Crippen LogP contribution in [0.4, 0.5) is 5.69 Å². The molecule has 1 heterocycles. The first kappa shape index (κ1) is 13.3. The third kappa shape index (κ3) is 2.64. The molecule has 0 spiro atoms. The fourth-order valence-corrected chi connectivity index (χ4v) is 3.02. The van der Waals surface area contributed by atoms with Gasteiger partial charge in [-0.3, -0.25) is 0 Å². The van der Waals surface area contributed by atoms with E-state index in [0.717, 1.165) is 0 Å². The van der Waals surface area contributed by atoms with Crippen molar-refractivity contribution in [3.05, 3.63) is 53.6 Å². The van der Waals surface area contributed by atoms with Crippen molar-refractivity contribution in [1.29, 1.82) is 5.26 Å². The molecule has 0 saturated carbocycles. The van der Waals surface area contributed by atoms with Crippen LogP contribution in [0.3, 0.4) is 0 Å². The molecule has 0 amide bonds. The SMILES string of the molecule is N#Cc1ccccc1CS(=O)c1nc2ccc(N)cc2o1. The number of nitrogen functional groups attached to an aromatic ring is 1. The minimum absolute atomic E-state index is 0.142. The van der Waals surface area contributed by atoms with E-state index in [2.05, 4.69) is 11.1 Å². The molecule has 1 unspecified atom stereocenters. The van der Waals surface area contributed by atoms with E-state index in [9.17, 15) is 4.21 Å². The Hall–Kier alpha value is -2.65. The predicted octanol–water partition coefficient (Wildman–Crippen LogP) is 2.59. The summed E-state index contributed by atoms with van der Waals surface area (Å²) in [5, 5.41) is 9.19. The second-order valence-corrected chi connectivity index (χ2v) is 5.79. The number of fused-ring (bicyclic) bond motifs is 1. The van der Waals surface area contributed by atoms with Crippen molar-refractivity contribution in [2.24, 2.45) is 0 Å². The fourth-order valence-electron chi connectivity index (χ4n) is 1.98. The second-order valence-electron chi connectivity index (χ2n) is 4.47. The number of oxazole rings is 1. The summed E-state index contributed by atoms with van der Waals surface area (Å²) in [7, 11) is -1.46. The van der Waals surface area contributed by atoms with Gasteiger partial charge in [0, 0.05) is 11.8 Å². The van der Waals surface area contributed by atoms with Gasteiger partial charge in [-0.1, -0.05) is 18.2 Å². The summed E-state index contributed by atoms with van der Waals surface area (Å²) in [4.78, 5) is 4.20. The van der Waals surface area contributed by atoms with Gasteiger partial charge in [0.25, 0.3) is 5.22 Å². The van der Waals surface area contributed by atoms with E-state index in [4.69, 9.17) is 15.4 Å². The van der Waals surface area contributed by atoms with E-state index in [-0.39, 0.29) is 11.0 Å². The van der Waals surface area contributed by atoms with Gasteiger partial charge in [-0.15, -0.1) is 0 Å². The molecule has 0 saturated heterocycles. The van der Waals surface area contributed by atoms with Gasteiger partial charge in [0.2, 0.25) is 0 Å². The molecular formula is C15H11N3O2S. The topological polar surface area (TPSA) is 92.9 Å². The number of nitrogens with zero attached hydrogens (tertiary/aromatic N) is 2. The highest BCUT2D eigenvalue weighted by atomic mass is 32.2. The zero-order chi connectivity index (χ0) is 14.8. The molecule has 104 valence electrons. The van der Waals surface area contributed by atoms with E-state index in [1.54, 1.807) is 42.5 Å². The maximum absolute atomic E-state index is 12.4. The van der Waals surface area contributed by atoms with Crippen LogP contribution in [0.2, 0.25) is 0 Å². The van der Waals surface area contributed by atoms with Crippen molar-refractivity contribution in [3.63, 3.8) is 0 Å². The Bertz CT molecular complexity index is 880. The van der Waals surface area contributed by atoms with Gasteiger partial charge in [-0.05, 0) is 23.8 Å². The average molecular weight is 297 g/mol. The number of hydrogen-bond acceptors (Lipinski definition) is 5. The van der Waals surface area contributed by atoms with Gasteiger partial charge in [-0.25, -0.2) is 9.19 Å². The molecule has 1 atom stereocenters. The van der Waals surface area contributed by atoms with Gasteiger partial charge < -0.3 is 10.2 Å². The number of nitrogens with two attached hydrogens (primary N) is 1. The van der Waals surface area contributed by atoms with Crippen LogP contribution in [0.25, 0.3) is 11.1 Å². The van der Waals surface area contributed by atoms with E-state index in [1.165, 1.54) is 0 Å². The van der Waals surface area contributed by atoms with Crippen molar-refractivity contribution in [1.82, 2.24) is 4.98 Å². The van der Waals surface area contributed by atoms with Crippen molar-refractivity contribution in [2.75, 3.05) is 5.73 Å². The molecule has 0 aliphatic carbocycles. The summed E-state index contributed by atoms with van der Waals surface area (Å²) in [6, 6.07) is 14.2. The van der Waals surface area contributed by atoms with Crippen molar-refractivity contribution in [2.45, 2.75) is 11.0 Å². The molecule has 21 heavy (non-hydrogen) atoms. The molecule has 6 heteroatoms. The van der Waals surface area contributed by atoms with E-state index in [0.29, 0.717) is 27.9 Å². The Labute approximate surface area is 123 Å². The first-order chi connectivity index (χ1) is 10.2. The molecule has 2 aromatic carbocycles. The van der Waals surface area contributed by atoms with Crippen LogP contribution < -0.4 is 5.73 Å².